The zero-order valence-electron chi connectivity index (χ0n) is 13.1. The topological polar surface area (TPSA) is 81.7 Å². The molecule has 0 radical (unpaired) electrons. The summed E-state index contributed by atoms with van der Waals surface area (Å²) in [7, 11) is 4.06. The average molecular weight is 317 g/mol. The Labute approximate surface area is 131 Å². The third-order valence-corrected chi connectivity index (χ3v) is 4.92. The lowest BCUT2D eigenvalue weighted by molar-refractivity contribution is -0.139. The van der Waals surface area contributed by atoms with Crippen LogP contribution in [-0.2, 0) is 4.79 Å². The lowest BCUT2D eigenvalue weighted by Crippen LogP contribution is -2.54. The quantitative estimate of drug-likeness (QED) is 0.630. The normalized spacial score (nSPS) is 18.5. The summed E-state index contributed by atoms with van der Waals surface area (Å²) in [6, 6.07) is -1.21. The van der Waals surface area contributed by atoms with E-state index in [1.54, 1.807) is 11.8 Å². The first-order valence-electron chi connectivity index (χ1n) is 7.35. The van der Waals surface area contributed by atoms with Crippen molar-refractivity contribution in [2.24, 2.45) is 0 Å². The van der Waals surface area contributed by atoms with Crippen molar-refractivity contribution in [3.8, 4) is 0 Å². The predicted octanol–water partition coefficient (Wildman–Crippen LogP) is 1.37. The number of nitrogens with one attached hydrogen (secondary N) is 2. The van der Waals surface area contributed by atoms with Crippen molar-refractivity contribution in [1.29, 1.82) is 0 Å². The summed E-state index contributed by atoms with van der Waals surface area (Å²) in [4.78, 5) is 25.2. The molecule has 7 heteroatoms. The Morgan fingerprint density at radius 2 is 1.95 bits per heavy atom. The Morgan fingerprint density at radius 1 is 1.33 bits per heavy atom. The molecule has 21 heavy (non-hydrogen) atoms. The van der Waals surface area contributed by atoms with Crippen molar-refractivity contribution in [2.75, 3.05) is 32.6 Å². The van der Waals surface area contributed by atoms with Crippen molar-refractivity contribution >= 4 is 23.8 Å². The number of nitrogens with zero attached hydrogens (tertiary/aromatic N) is 1. The van der Waals surface area contributed by atoms with Gasteiger partial charge < -0.3 is 20.6 Å². The SMILES string of the molecule is CSCC[C@@H](NC(=O)NCC1(N(C)C)CCCC1)C(=O)O. The minimum absolute atomic E-state index is 0.00926. The fourth-order valence-electron chi connectivity index (χ4n) is 2.76. The van der Waals surface area contributed by atoms with Gasteiger partial charge in [-0.3, -0.25) is 0 Å². The van der Waals surface area contributed by atoms with Gasteiger partial charge in [0.1, 0.15) is 6.04 Å². The molecule has 0 spiro atoms. The zero-order valence-corrected chi connectivity index (χ0v) is 14.0. The molecule has 0 bridgehead atoms. The van der Waals surface area contributed by atoms with Crippen LogP contribution in [0.3, 0.4) is 0 Å². The summed E-state index contributed by atoms with van der Waals surface area (Å²) in [5, 5.41) is 14.5. The van der Waals surface area contributed by atoms with E-state index in [4.69, 9.17) is 5.11 Å². The van der Waals surface area contributed by atoms with Gasteiger partial charge in [-0.05, 0) is 45.4 Å². The van der Waals surface area contributed by atoms with Crippen molar-refractivity contribution in [3.05, 3.63) is 0 Å². The number of aliphatic carboxylic acids is 1. The molecule has 2 amide bonds. The van der Waals surface area contributed by atoms with Crippen LogP contribution in [0.25, 0.3) is 0 Å². The van der Waals surface area contributed by atoms with Crippen LogP contribution in [0.2, 0.25) is 0 Å². The van der Waals surface area contributed by atoms with Gasteiger partial charge in [-0.25, -0.2) is 9.59 Å². The van der Waals surface area contributed by atoms with Gasteiger partial charge in [0.15, 0.2) is 0 Å². The molecule has 0 aromatic carbocycles. The number of carbonyl (C=O) groups is 2. The van der Waals surface area contributed by atoms with Crippen LogP contribution in [0, 0.1) is 0 Å². The van der Waals surface area contributed by atoms with Crippen LogP contribution in [0.5, 0.6) is 0 Å². The van der Waals surface area contributed by atoms with Gasteiger partial charge in [0, 0.05) is 12.1 Å². The molecule has 1 fully saturated rings. The second-order valence-electron chi connectivity index (χ2n) is 5.83. The molecule has 1 aliphatic rings. The molecule has 0 aliphatic heterocycles. The highest BCUT2D eigenvalue weighted by molar-refractivity contribution is 7.98. The molecule has 1 atom stereocenters. The van der Waals surface area contributed by atoms with Crippen molar-refractivity contribution < 1.29 is 14.7 Å². The lowest BCUT2D eigenvalue weighted by atomic mass is 9.96. The zero-order chi connectivity index (χ0) is 15.9. The number of rotatable bonds is 8. The fraction of sp³-hybridized carbons (Fsp3) is 0.857. The molecule has 6 nitrogen and oxygen atoms in total. The summed E-state index contributed by atoms with van der Waals surface area (Å²) in [6.45, 7) is 0.556. The van der Waals surface area contributed by atoms with Gasteiger partial charge >= 0.3 is 12.0 Å². The monoisotopic (exact) mass is 317 g/mol. The lowest BCUT2D eigenvalue weighted by Gasteiger charge is -2.36. The van der Waals surface area contributed by atoms with Gasteiger partial charge in [0.25, 0.3) is 0 Å². The van der Waals surface area contributed by atoms with E-state index in [0.29, 0.717) is 18.7 Å². The summed E-state index contributed by atoms with van der Waals surface area (Å²) >= 11 is 1.57. The van der Waals surface area contributed by atoms with Crippen molar-refractivity contribution in [2.45, 2.75) is 43.7 Å². The molecule has 0 heterocycles. The Morgan fingerprint density at radius 3 is 2.43 bits per heavy atom. The number of hydrogen-bond acceptors (Lipinski definition) is 4. The molecule has 1 rings (SSSR count). The number of likely N-dealkylation sites (N-methyl/N-ethyl adjacent to an activating group) is 1. The molecule has 0 unspecified atom stereocenters. The van der Waals surface area contributed by atoms with E-state index in [1.165, 1.54) is 12.8 Å². The molecule has 3 N–H and O–H groups in total. The number of amides is 2. The Kier molecular flexibility index (Phi) is 7.31. The number of carbonyl (C=O) groups excluding carboxylic acids is 1. The van der Waals surface area contributed by atoms with Gasteiger partial charge in [-0.1, -0.05) is 12.8 Å². The first kappa shape index (κ1) is 18.1. The Hall–Kier alpha value is -0.950. The van der Waals surface area contributed by atoms with Gasteiger partial charge in [-0.2, -0.15) is 11.8 Å². The van der Waals surface area contributed by atoms with E-state index >= 15 is 0 Å². The van der Waals surface area contributed by atoms with Crippen LogP contribution in [0.4, 0.5) is 4.79 Å². The molecule has 122 valence electrons. The van der Waals surface area contributed by atoms with E-state index < -0.39 is 18.0 Å². The van der Waals surface area contributed by atoms with E-state index in [0.717, 1.165) is 12.8 Å². The molecular formula is C14H27N3O3S. The minimum Gasteiger partial charge on any atom is -0.480 e. The van der Waals surface area contributed by atoms with Crippen LogP contribution in [0.1, 0.15) is 32.1 Å². The van der Waals surface area contributed by atoms with Crippen molar-refractivity contribution in [1.82, 2.24) is 15.5 Å². The van der Waals surface area contributed by atoms with Gasteiger partial charge in [0.2, 0.25) is 0 Å². The standard InChI is InChI=1S/C14H27N3O3S/c1-17(2)14(7-4-5-8-14)10-15-13(20)16-11(12(18)19)6-9-21-3/h11H,4-10H2,1-3H3,(H,18,19)(H2,15,16,20)/t11-/m1/s1. The first-order valence-corrected chi connectivity index (χ1v) is 8.74. The summed E-state index contributed by atoms with van der Waals surface area (Å²) < 4.78 is 0. The molecular weight excluding hydrogens is 290 g/mol. The smallest absolute Gasteiger partial charge is 0.326 e. The second-order valence-corrected chi connectivity index (χ2v) is 6.81. The Balaban J connectivity index is 2.46. The third kappa shape index (κ3) is 5.39. The number of hydrogen-bond donors (Lipinski definition) is 3. The summed E-state index contributed by atoms with van der Waals surface area (Å²) in [5.74, 6) is -0.277. The maximum Gasteiger partial charge on any atom is 0.326 e. The second kappa shape index (κ2) is 8.48. The molecule has 0 saturated heterocycles. The number of carboxylic acids is 1. The van der Waals surface area contributed by atoms with Crippen LogP contribution >= 0.6 is 11.8 Å². The predicted molar refractivity (Wildman–Crippen MR) is 85.8 cm³/mol. The van der Waals surface area contributed by atoms with E-state index in [2.05, 4.69) is 15.5 Å². The number of urea groups is 1. The summed E-state index contributed by atoms with van der Waals surface area (Å²) in [5.41, 5.74) is 0.00926. The molecule has 1 aliphatic carbocycles. The van der Waals surface area contributed by atoms with E-state index in [9.17, 15) is 9.59 Å². The largest absolute Gasteiger partial charge is 0.480 e. The molecule has 1 saturated carbocycles. The number of thioether (sulfide) groups is 1. The fourth-order valence-corrected chi connectivity index (χ4v) is 3.23. The highest BCUT2D eigenvalue weighted by Crippen LogP contribution is 2.32. The molecule has 0 aromatic rings. The van der Waals surface area contributed by atoms with Crippen LogP contribution in [0.15, 0.2) is 0 Å². The first-order chi connectivity index (χ1) is 9.91. The Bertz CT molecular complexity index is 357. The maximum absolute atomic E-state index is 11.9. The van der Waals surface area contributed by atoms with Crippen LogP contribution < -0.4 is 10.6 Å². The summed E-state index contributed by atoms with van der Waals surface area (Å²) in [6.07, 6.45) is 6.83. The van der Waals surface area contributed by atoms with Gasteiger partial charge in [-0.15, -0.1) is 0 Å². The average Bonchev–Trinajstić information content (AvgIpc) is 2.91. The number of carboxylic acid groups (broad SMARTS) is 1. The highest BCUT2D eigenvalue weighted by Gasteiger charge is 2.36. The van der Waals surface area contributed by atoms with Gasteiger partial charge in [0.05, 0.1) is 0 Å². The minimum atomic E-state index is -0.984. The van der Waals surface area contributed by atoms with Crippen LogP contribution in [-0.4, -0.2) is 66.2 Å². The molecule has 0 aromatic heterocycles. The third-order valence-electron chi connectivity index (χ3n) is 4.28. The van der Waals surface area contributed by atoms with E-state index in [-0.39, 0.29) is 5.54 Å². The maximum atomic E-state index is 11.9. The van der Waals surface area contributed by atoms with E-state index in [1.807, 2.05) is 20.4 Å². The van der Waals surface area contributed by atoms with Crippen molar-refractivity contribution in [3.63, 3.8) is 0 Å². The highest BCUT2D eigenvalue weighted by atomic mass is 32.2.